The SMILES string of the molecule is COc1ccc(OC)c(CN2CCCCC2CN)c1. The van der Waals surface area contributed by atoms with E-state index in [1.165, 1.54) is 24.8 Å². The molecule has 4 heteroatoms. The van der Waals surface area contributed by atoms with Gasteiger partial charge in [0, 0.05) is 24.7 Å². The van der Waals surface area contributed by atoms with Crippen molar-refractivity contribution in [3.63, 3.8) is 0 Å². The maximum atomic E-state index is 5.88. The summed E-state index contributed by atoms with van der Waals surface area (Å²) in [5.41, 5.74) is 7.05. The number of nitrogens with zero attached hydrogens (tertiary/aromatic N) is 1. The van der Waals surface area contributed by atoms with Crippen LogP contribution in [0.3, 0.4) is 0 Å². The van der Waals surface area contributed by atoms with E-state index in [4.69, 9.17) is 15.2 Å². The number of methoxy groups -OCH3 is 2. The predicted molar refractivity (Wildman–Crippen MR) is 76.6 cm³/mol. The summed E-state index contributed by atoms with van der Waals surface area (Å²) >= 11 is 0. The molecule has 1 unspecified atom stereocenters. The molecule has 19 heavy (non-hydrogen) atoms. The minimum Gasteiger partial charge on any atom is -0.497 e. The summed E-state index contributed by atoms with van der Waals surface area (Å²) < 4.78 is 10.7. The molecule has 1 aromatic carbocycles. The molecule has 1 fully saturated rings. The Morgan fingerprint density at radius 3 is 2.79 bits per heavy atom. The molecule has 4 nitrogen and oxygen atoms in total. The third-order valence-electron chi connectivity index (χ3n) is 3.88. The molecule has 0 saturated carbocycles. The van der Waals surface area contributed by atoms with Gasteiger partial charge < -0.3 is 15.2 Å². The van der Waals surface area contributed by atoms with Gasteiger partial charge in [-0.3, -0.25) is 4.90 Å². The van der Waals surface area contributed by atoms with Gasteiger partial charge in [0.15, 0.2) is 0 Å². The minimum absolute atomic E-state index is 0.490. The van der Waals surface area contributed by atoms with E-state index in [9.17, 15) is 0 Å². The van der Waals surface area contributed by atoms with Crippen molar-refractivity contribution in [2.24, 2.45) is 5.73 Å². The normalized spacial score (nSPS) is 20.3. The molecule has 1 aromatic rings. The number of likely N-dealkylation sites (tertiary alicyclic amines) is 1. The zero-order valence-electron chi connectivity index (χ0n) is 11.9. The monoisotopic (exact) mass is 264 g/mol. The minimum atomic E-state index is 0.490. The molecular weight excluding hydrogens is 240 g/mol. The fourth-order valence-electron chi connectivity index (χ4n) is 2.76. The van der Waals surface area contributed by atoms with Crippen LogP contribution in [0.4, 0.5) is 0 Å². The summed E-state index contributed by atoms with van der Waals surface area (Å²) in [5.74, 6) is 1.79. The molecule has 0 amide bonds. The predicted octanol–water partition coefficient (Wildman–Crippen LogP) is 2.02. The molecule has 0 aromatic heterocycles. The van der Waals surface area contributed by atoms with Gasteiger partial charge in [-0.2, -0.15) is 0 Å². The molecule has 2 N–H and O–H groups in total. The number of rotatable bonds is 5. The zero-order valence-corrected chi connectivity index (χ0v) is 11.9. The Balaban J connectivity index is 2.16. The first-order valence-electron chi connectivity index (χ1n) is 6.93. The first-order chi connectivity index (χ1) is 9.28. The molecule has 0 aliphatic carbocycles. The quantitative estimate of drug-likeness (QED) is 0.884. The number of piperidine rings is 1. The van der Waals surface area contributed by atoms with Gasteiger partial charge in [-0.15, -0.1) is 0 Å². The number of ether oxygens (including phenoxy) is 2. The first-order valence-corrected chi connectivity index (χ1v) is 6.93. The van der Waals surface area contributed by atoms with Gasteiger partial charge >= 0.3 is 0 Å². The van der Waals surface area contributed by atoms with Crippen LogP contribution < -0.4 is 15.2 Å². The maximum absolute atomic E-state index is 5.88. The van der Waals surface area contributed by atoms with Crippen LogP contribution in [0.1, 0.15) is 24.8 Å². The van der Waals surface area contributed by atoms with Gasteiger partial charge in [0.05, 0.1) is 14.2 Å². The van der Waals surface area contributed by atoms with Gasteiger partial charge in [-0.05, 0) is 37.6 Å². The summed E-state index contributed by atoms with van der Waals surface area (Å²) in [5, 5.41) is 0. The maximum Gasteiger partial charge on any atom is 0.123 e. The van der Waals surface area contributed by atoms with Crippen LogP contribution in [0.15, 0.2) is 18.2 Å². The molecule has 1 aliphatic rings. The lowest BCUT2D eigenvalue weighted by Gasteiger charge is -2.35. The summed E-state index contributed by atoms with van der Waals surface area (Å²) in [7, 11) is 3.40. The Morgan fingerprint density at radius 2 is 2.11 bits per heavy atom. The molecule has 2 rings (SSSR count). The van der Waals surface area contributed by atoms with Gasteiger partial charge in [-0.25, -0.2) is 0 Å². The average Bonchev–Trinajstić information content (AvgIpc) is 2.47. The fraction of sp³-hybridized carbons (Fsp3) is 0.600. The largest absolute Gasteiger partial charge is 0.497 e. The fourth-order valence-corrected chi connectivity index (χ4v) is 2.76. The molecule has 106 valence electrons. The molecule has 0 radical (unpaired) electrons. The van der Waals surface area contributed by atoms with Crippen molar-refractivity contribution < 1.29 is 9.47 Å². The summed E-state index contributed by atoms with van der Waals surface area (Å²) in [6.45, 7) is 2.72. The van der Waals surface area contributed by atoms with E-state index in [2.05, 4.69) is 11.0 Å². The van der Waals surface area contributed by atoms with Crippen molar-refractivity contribution in [1.29, 1.82) is 0 Å². The average molecular weight is 264 g/mol. The third-order valence-corrected chi connectivity index (χ3v) is 3.88. The van der Waals surface area contributed by atoms with Crippen molar-refractivity contribution in [1.82, 2.24) is 4.90 Å². The lowest BCUT2D eigenvalue weighted by Crippen LogP contribution is -2.43. The van der Waals surface area contributed by atoms with Gasteiger partial charge in [0.25, 0.3) is 0 Å². The van der Waals surface area contributed by atoms with Crippen LogP contribution in [0, 0.1) is 0 Å². The molecule has 1 atom stereocenters. The van der Waals surface area contributed by atoms with Crippen molar-refractivity contribution in [2.75, 3.05) is 27.3 Å². The van der Waals surface area contributed by atoms with Crippen LogP contribution in [-0.2, 0) is 6.54 Å². The Morgan fingerprint density at radius 1 is 1.26 bits per heavy atom. The van der Waals surface area contributed by atoms with Crippen molar-refractivity contribution >= 4 is 0 Å². The standard InChI is InChI=1S/C15H24N2O2/c1-18-14-6-7-15(19-2)12(9-14)11-17-8-4-3-5-13(17)10-16/h6-7,9,13H,3-5,8,10-11,16H2,1-2H3. The highest BCUT2D eigenvalue weighted by Crippen LogP contribution is 2.27. The van der Waals surface area contributed by atoms with E-state index < -0.39 is 0 Å². The molecule has 1 saturated heterocycles. The lowest BCUT2D eigenvalue weighted by molar-refractivity contribution is 0.143. The van der Waals surface area contributed by atoms with Crippen molar-refractivity contribution in [3.05, 3.63) is 23.8 Å². The first kappa shape index (κ1) is 14.2. The Labute approximate surface area is 115 Å². The van der Waals surface area contributed by atoms with Crippen molar-refractivity contribution in [2.45, 2.75) is 31.8 Å². The van der Waals surface area contributed by atoms with Crippen LogP contribution >= 0.6 is 0 Å². The molecule has 0 spiro atoms. The number of hydrogen-bond acceptors (Lipinski definition) is 4. The number of nitrogens with two attached hydrogens (primary N) is 1. The molecular formula is C15H24N2O2. The van der Waals surface area contributed by atoms with Crippen LogP contribution in [-0.4, -0.2) is 38.3 Å². The Hall–Kier alpha value is -1.26. The summed E-state index contributed by atoms with van der Waals surface area (Å²) in [4.78, 5) is 2.46. The van der Waals surface area contributed by atoms with Crippen molar-refractivity contribution in [3.8, 4) is 11.5 Å². The summed E-state index contributed by atoms with van der Waals surface area (Å²) in [6, 6.07) is 6.44. The lowest BCUT2D eigenvalue weighted by atomic mass is 10.0. The van der Waals surface area contributed by atoms with E-state index in [1.54, 1.807) is 14.2 Å². The Kier molecular flexibility index (Phi) is 5.05. The van der Waals surface area contributed by atoms with Crippen LogP contribution in [0.5, 0.6) is 11.5 Å². The second kappa shape index (κ2) is 6.78. The Bertz CT molecular complexity index is 409. The second-order valence-corrected chi connectivity index (χ2v) is 5.03. The van der Waals surface area contributed by atoms with Crippen LogP contribution in [0.2, 0.25) is 0 Å². The number of benzene rings is 1. The highest BCUT2D eigenvalue weighted by Gasteiger charge is 2.22. The number of hydrogen-bond donors (Lipinski definition) is 1. The highest BCUT2D eigenvalue weighted by atomic mass is 16.5. The van der Waals surface area contributed by atoms with E-state index in [1.807, 2.05) is 12.1 Å². The highest BCUT2D eigenvalue weighted by molar-refractivity contribution is 5.40. The smallest absolute Gasteiger partial charge is 0.123 e. The zero-order chi connectivity index (χ0) is 13.7. The van der Waals surface area contributed by atoms with Gasteiger partial charge in [0.2, 0.25) is 0 Å². The van der Waals surface area contributed by atoms with E-state index in [0.717, 1.165) is 31.1 Å². The van der Waals surface area contributed by atoms with E-state index in [0.29, 0.717) is 6.04 Å². The van der Waals surface area contributed by atoms with Gasteiger partial charge in [0.1, 0.15) is 11.5 Å². The van der Waals surface area contributed by atoms with Gasteiger partial charge in [-0.1, -0.05) is 6.42 Å². The molecule has 1 heterocycles. The third kappa shape index (κ3) is 3.39. The van der Waals surface area contributed by atoms with E-state index in [-0.39, 0.29) is 0 Å². The second-order valence-electron chi connectivity index (χ2n) is 5.03. The molecule has 0 bridgehead atoms. The summed E-state index contributed by atoms with van der Waals surface area (Å²) in [6.07, 6.45) is 3.74. The van der Waals surface area contributed by atoms with Crippen LogP contribution in [0.25, 0.3) is 0 Å². The molecule has 1 aliphatic heterocycles. The van der Waals surface area contributed by atoms with E-state index >= 15 is 0 Å². The topological polar surface area (TPSA) is 47.7 Å².